The fraction of sp³-hybridized carbons (Fsp3) is 0.231. The second-order valence-corrected chi connectivity index (χ2v) is 6.79. The van der Waals surface area contributed by atoms with Gasteiger partial charge >= 0.3 is 0 Å². The Morgan fingerprint density at radius 2 is 2.06 bits per heavy atom. The maximum absolute atomic E-state index is 12.7. The summed E-state index contributed by atoms with van der Waals surface area (Å²) < 4.78 is 13.8. The van der Waals surface area contributed by atoms with Gasteiger partial charge in [0.1, 0.15) is 5.82 Å². The number of nitrogens with one attached hydrogen (secondary N) is 1. The first-order chi connectivity index (χ1) is 8.74. The Hall–Kier alpha value is -0.360. The van der Waals surface area contributed by atoms with Crippen LogP contribution in [0.4, 0.5) is 4.39 Å². The van der Waals surface area contributed by atoms with Crippen LogP contribution >= 0.6 is 39.0 Å². The van der Waals surface area contributed by atoms with Crippen molar-refractivity contribution >= 4 is 39.0 Å². The molecule has 96 valence electrons. The summed E-state index contributed by atoms with van der Waals surface area (Å²) in [5.74, 6) is 0.804. The zero-order chi connectivity index (χ0) is 12.8. The van der Waals surface area contributed by atoms with Gasteiger partial charge < -0.3 is 5.32 Å². The van der Waals surface area contributed by atoms with Gasteiger partial charge in [-0.15, -0.1) is 23.1 Å². The lowest BCUT2D eigenvalue weighted by Gasteiger charge is -2.03. The van der Waals surface area contributed by atoms with Crippen molar-refractivity contribution in [2.75, 3.05) is 12.3 Å². The highest BCUT2D eigenvalue weighted by atomic mass is 79.9. The summed E-state index contributed by atoms with van der Waals surface area (Å²) in [5.41, 5.74) is 0. The minimum absolute atomic E-state index is 0.180. The van der Waals surface area contributed by atoms with Gasteiger partial charge in [0, 0.05) is 38.5 Å². The first-order valence-electron chi connectivity index (χ1n) is 5.56. The van der Waals surface area contributed by atoms with Gasteiger partial charge in [-0.3, -0.25) is 0 Å². The molecule has 18 heavy (non-hydrogen) atoms. The molecule has 1 heterocycles. The Balaban J connectivity index is 1.63. The average Bonchev–Trinajstić information content (AvgIpc) is 2.77. The lowest BCUT2D eigenvalue weighted by atomic mass is 10.4. The van der Waals surface area contributed by atoms with E-state index in [1.54, 1.807) is 23.1 Å². The molecule has 1 aromatic carbocycles. The smallest absolute Gasteiger partial charge is 0.123 e. The number of rotatable bonds is 6. The van der Waals surface area contributed by atoms with Crippen molar-refractivity contribution < 1.29 is 4.39 Å². The van der Waals surface area contributed by atoms with Crippen LogP contribution in [0.3, 0.4) is 0 Å². The number of thioether (sulfide) groups is 1. The van der Waals surface area contributed by atoms with Gasteiger partial charge in [0.25, 0.3) is 0 Å². The van der Waals surface area contributed by atoms with Crippen LogP contribution in [-0.2, 0) is 6.54 Å². The minimum Gasteiger partial charge on any atom is -0.311 e. The van der Waals surface area contributed by atoms with Gasteiger partial charge in [0.2, 0.25) is 0 Å². The van der Waals surface area contributed by atoms with Crippen LogP contribution in [-0.4, -0.2) is 12.3 Å². The first-order valence-corrected chi connectivity index (χ1v) is 8.22. The molecule has 0 aliphatic heterocycles. The highest BCUT2D eigenvalue weighted by molar-refractivity contribution is 9.10. The molecule has 0 spiro atoms. The van der Waals surface area contributed by atoms with E-state index in [4.69, 9.17) is 0 Å². The number of halogens is 2. The summed E-state index contributed by atoms with van der Waals surface area (Å²) in [6.45, 7) is 1.85. The van der Waals surface area contributed by atoms with E-state index in [0.29, 0.717) is 0 Å². The summed E-state index contributed by atoms with van der Waals surface area (Å²) in [6.07, 6.45) is 0. The van der Waals surface area contributed by atoms with E-state index in [0.717, 1.165) is 28.2 Å². The van der Waals surface area contributed by atoms with Crippen molar-refractivity contribution in [2.24, 2.45) is 0 Å². The lowest BCUT2D eigenvalue weighted by Crippen LogP contribution is -2.15. The first kappa shape index (κ1) is 14.1. The summed E-state index contributed by atoms with van der Waals surface area (Å²) >= 11 is 6.92. The maximum atomic E-state index is 12.7. The molecule has 1 aromatic heterocycles. The molecule has 1 N–H and O–H groups in total. The summed E-state index contributed by atoms with van der Waals surface area (Å²) in [6, 6.07) is 8.76. The van der Waals surface area contributed by atoms with Crippen molar-refractivity contribution in [3.05, 3.63) is 50.9 Å². The molecule has 0 aliphatic carbocycles. The molecule has 0 amide bonds. The summed E-state index contributed by atoms with van der Waals surface area (Å²) in [5, 5.41) is 5.48. The molecule has 2 rings (SSSR count). The van der Waals surface area contributed by atoms with E-state index in [-0.39, 0.29) is 5.82 Å². The largest absolute Gasteiger partial charge is 0.311 e. The molecule has 0 atom stereocenters. The van der Waals surface area contributed by atoms with E-state index in [1.807, 2.05) is 12.1 Å². The van der Waals surface area contributed by atoms with E-state index in [9.17, 15) is 4.39 Å². The van der Waals surface area contributed by atoms with Gasteiger partial charge in [-0.05, 0) is 46.3 Å². The van der Waals surface area contributed by atoms with Crippen molar-refractivity contribution in [1.82, 2.24) is 5.32 Å². The van der Waals surface area contributed by atoms with Crippen molar-refractivity contribution in [1.29, 1.82) is 0 Å². The summed E-state index contributed by atoms with van der Waals surface area (Å²) in [7, 11) is 0. The number of hydrogen-bond acceptors (Lipinski definition) is 3. The minimum atomic E-state index is -0.180. The molecular formula is C13H13BrFNS2. The second-order valence-electron chi connectivity index (χ2n) is 3.71. The molecule has 0 aliphatic rings. The Kier molecular flexibility index (Phi) is 5.69. The van der Waals surface area contributed by atoms with Crippen LogP contribution in [0.1, 0.15) is 4.88 Å². The molecule has 0 bridgehead atoms. The number of hydrogen-bond donors (Lipinski definition) is 1. The van der Waals surface area contributed by atoms with Gasteiger partial charge in [0.05, 0.1) is 0 Å². The van der Waals surface area contributed by atoms with E-state index in [1.165, 1.54) is 17.0 Å². The molecule has 2 aromatic rings. The van der Waals surface area contributed by atoms with Crippen LogP contribution in [0.2, 0.25) is 0 Å². The van der Waals surface area contributed by atoms with Crippen molar-refractivity contribution in [3.63, 3.8) is 0 Å². The lowest BCUT2D eigenvalue weighted by molar-refractivity contribution is 0.626. The molecule has 5 heteroatoms. The van der Waals surface area contributed by atoms with Crippen LogP contribution in [0.15, 0.2) is 45.1 Å². The summed E-state index contributed by atoms with van der Waals surface area (Å²) in [4.78, 5) is 2.44. The molecule has 1 nitrogen and oxygen atoms in total. The average molecular weight is 346 g/mol. The third-order valence-corrected chi connectivity index (χ3v) is 4.99. The van der Waals surface area contributed by atoms with Crippen molar-refractivity contribution in [2.45, 2.75) is 11.4 Å². The Morgan fingerprint density at radius 1 is 1.28 bits per heavy atom. The third-order valence-electron chi connectivity index (χ3n) is 2.28. The van der Waals surface area contributed by atoms with Crippen LogP contribution in [0, 0.1) is 5.82 Å². The maximum Gasteiger partial charge on any atom is 0.123 e. The standard InChI is InChI=1S/C13H13BrFNS2/c14-10-7-13(18-9-10)8-16-5-6-17-12-3-1-11(15)2-4-12/h1-4,7,9,16H,5-6,8H2. The van der Waals surface area contributed by atoms with Gasteiger partial charge in [-0.25, -0.2) is 4.39 Å². The molecular weight excluding hydrogens is 333 g/mol. The Morgan fingerprint density at radius 3 is 2.72 bits per heavy atom. The normalized spacial score (nSPS) is 10.8. The van der Waals surface area contributed by atoms with Gasteiger partial charge in [0.15, 0.2) is 0 Å². The van der Waals surface area contributed by atoms with Gasteiger partial charge in [-0.2, -0.15) is 0 Å². The number of thiophene rings is 1. The van der Waals surface area contributed by atoms with Crippen molar-refractivity contribution in [3.8, 4) is 0 Å². The number of benzene rings is 1. The molecule has 0 radical (unpaired) electrons. The fourth-order valence-electron chi connectivity index (χ4n) is 1.43. The Bertz CT molecular complexity index is 484. The second kappa shape index (κ2) is 7.28. The topological polar surface area (TPSA) is 12.0 Å². The van der Waals surface area contributed by atoms with Crippen LogP contribution in [0.5, 0.6) is 0 Å². The predicted molar refractivity (Wildman–Crippen MR) is 80.8 cm³/mol. The van der Waals surface area contributed by atoms with Crippen LogP contribution < -0.4 is 5.32 Å². The molecule has 0 saturated carbocycles. The quantitative estimate of drug-likeness (QED) is 0.609. The zero-order valence-electron chi connectivity index (χ0n) is 9.66. The zero-order valence-corrected chi connectivity index (χ0v) is 12.9. The highest BCUT2D eigenvalue weighted by Crippen LogP contribution is 2.20. The Labute approximate surface area is 123 Å². The van der Waals surface area contributed by atoms with E-state index >= 15 is 0 Å². The highest BCUT2D eigenvalue weighted by Gasteiger charge is 1.98. The van der Waals surface area contributed by atoms with Gasteiger partial charge in [-0.1, -0.05) is 0 Å². The molecule has 0 unspecified atom stereocenters. The predicted octanol–water partition coefficient (Wildman–Crippen LogP) is 4.53. The molecule has 0 fully saturated rings. The van der Waals surface area contributed by atoms with Crippen LogP contribution in [0.25, 0.3) is 0 Å². The van der Waals surface area contributed by atoms with E-state index in [2.05, 4.69) is 32.7 Å². The monoisotopic (exact) mass is 345 g/mol. The third kappa shape index (κ3) is 4.72. The SMILES string of the molecule is Fc1ccc(SCCNCc2cc(Br)cs2)cc1. The van der Waals surface area contributed by atoms with E-state index < -0.39 is 0 Å². The molecule has 0 saturated heterocycles. The fourth-order valence-corrected chi connectivity index (χ4v) is 3.66.